The number of rotatable bonds is 3. The summed E-state index contributed by atoms with van der Waals surface area (Å²) in [5.74, 6) is 1.05. The Balaban J connectivity index is 1.90. The van der Waals surface area contributed by atoms with Crippen LogP contribution in [0.4, 0.5) is 16.2 Å². The summed E-state index contributed by atoms with van der Waals surface area (Å²) < 4.78 is 13.3. The first kappa shape index (κ1) is 11.4. The minimum atomic E-state index is -0.449. The normalized spacial score (nSPS) is 20.7. The number of halogens is 1. The van der Waals surface area contributed by atoms with E-state index >= 15 is 0 Å². The summed E-state index contributed by atoms with van der Waals surface area (Å²) in [6.07, 6.45) is 4.82. The summed E-state index contributed by atoms with van der Waals surface area (Å²) in [5, 5.41) is 3.54. The third kappa shape index (κ3) is 2.98. The van der Waals surface area contributed by atoms with Crippen LogP contribution in [-0.2, 0) is 0 Å². The Morgan fingerprint density at radius 3 is 3.19 bits per heavy atom. The molecule has 1 unspecified atom stereocenters. The van der Waals surface area contributed by atoms with E-state index in [0.717, 1.165) is 12.7 Å². The summed E-state index contributed by atoms with van der Waals surface area (Å²) in [6.45, 7) is 0.734. The van der Waals surface area contributed by atoms with E-state index in [4.69, 9.17) is 5.73 Å². The Hall–Kier alpha value is -1.04. The monoisotopic (exact) mass is 242 g/mol. The van der Waals surface area contributed by atoms with Crippen LogP contribution in [0, 0.1) is 5.82 Å². The van der Waals surface area contributed by atoms with Crippen molar-refractivity contribution < 1.29 is 4.39 Å². The number of nitrogens with zero attached hydrogens (tertiary/aromatic N) is 2. The van der Waals surface area contributed by atoms with Crippen molar-refractivity contribution in [2.75, 3.05) is 23.3 Å². The van der Waals surface area contributed by atoms with Gasteiger partial charge in [0.2, 0.25) is 5.95 Å². The number of nitrogen functional groups attached to an aromatic ring is 1. The molecule has 2 heterocycles. The van der Waals surface area contributed by atoms with Gasteiger partial charge in [-0.25, -0.2) is 9.37 Å². The molecule has 3 N–H and O–H groups in total. The lowest BCUT2D eigenvalue weighted by Crippen LogP contribution is -2.21. The van der Waals surface area contributed by atoms with Crippen LogP contribution < -0.4 is 11.1 Å². The molecular weight excluding hydrogens is 227 g/mol. The van der Waals surface area contributed by atoms with Crippen LogP contribution in [0.1, 0.15) is 19.3 Å². The summed E-state index contributed by atoms with van der Waals surface area (Å²) in [7, 11) is 0. The molecule has 1 aromatic rings. The molecule has 0 amide bonds. The molecular formula is C10H15FN4S. The molecule has 1 aliphatic rings. The molecule has 4 nitrogen and oxygen atoms in total. The Bertz CT molecular complexity index is 355. The first-order valence-electron chi connectivity index (χ1n) is 5.39. The predicted molar refractivity (Wildman–Crippen MR) is 65.0 cm³/mol. The van der Waals surface area contributed by atoms with Crippen LogP contribution in [0.5, 0.6) is 0 Å². The lowest BCUT2D eigenvalue weighted by molar-refractivity contribution is 0.615. The highest BCUT2D eigenvalue weighted by molar-refractivity contribution is 7.99. The van der Waals surface area contributed by atoms with Crippen LogP contribution in [0.2, 0.25) is 0 Å². The fourth-order valence-electron chi connectivity index (χ4n) is 1.68. The van der Waals surface area contributed by atoms with E-state index in [2.05, 4.69) is 15.3 Å². The van der Waals surface area contributed by atoms with Crippen molar-refractivity contribution >= 4 is 23.5 Å². The van der Waals surface area contributed by atoms with Crippen molar-refractivity contribution in [2.24, 2.45) is 0 Å². The molecule has 1 aliphatic heterocycles. The number of nitrogens with two attached hydrogens (primary N) is 1. The standard InChI is InChI=1S/C10H15FN4S/c11-8-6-14-10(12)15-9(8)13-5-7-3-1-2-4-16-7/h6-7H,1-5H2,(H3,12,13,14,15). The molecule has 88 valence electrons. The van der Waals surface area contributed by atoms with Gasteiger partial charge in [0.1, 0.15) is 0 Å². The summed E-state index contributed by atoms with van der Waals surface area (Å²) >= 11 is 1.93. The van der Waals surface area contributed by atoms with Crippen molar-refractivity contribution in [2.45, 2.75) is 24.5 Å². The maximum absolute atomic E-state index is 13.3. The molecule has 6 heteroatoms. The highest BCUT2D eigenvalue weighted by Gasteiger charge is 2.14. The van der Waals surface area contributed by atoms with E-state index in [1.165, 1.54) is 25.0 Å². The molecule has 1 atom stereocenters. The van der Waals surface area contributed by atoms with Gasteiger partial charge >= 0.3 is 0 Å². The summed E-state index contributed by atoms with van der Waals surface area (Å²) in [5.41, 5.74) is 5.40. The van der Waals surface area contributed by atoms with Gasteiger partial charge in [0, 0.05) is 11.8 Å². The number of aromatic nitrogens is 2. The average molecular weight is 242 g/mol. The second kappa shape index (κ2) is 5.34. The molecule has 0 bridgehead atoms. The van der Waals surface area contributed by atoms with Crippen LogP contribution in [0.15, 0.2) is 6.20 Å². The fourth-order valence-corrected chi connectivity index (χ4v) is 2.92. The van der Waals surface area contributed by atoms with Crippen molar-refractivity contribution in [1.29, 1.82) is 0 Å². The molecule has 1 saturated heterocycles. The molecule has 0 aliphatic carbocycles. The zero-order chi connectivity index (χ0) is 11.4. The maximum Gasteiger partial charge on any atom is 0.222 e. The van der Waals surface area contributed by atoms with Gasteiger partial charge in [-0.1, -0.05) is 6.42 Å². The van der Waals surface area contributed by atoms with Gasteiger partial charge in [0.25, 0.3) is 0 Å². The zero-order valence-corrected chi connectivity index (χ0v) is 9.76. The Morgan fingerprint density at radius 1 is 1.56 bits per heavy atom. The van der Waals surface area contributed by atoms with Gasteiger partial charge in [0.15, 0.2) is 11.6 Å². The molecule has 1 aromatic heterocycles. The number of thioether (sulfide) groups is 1. The topological polar surface area (TPSA) is 63.8 Å². The minimum absolute atomic E-state index is 0.0974. The van der Waals surface area contributed by atoms with Crippen LogP contribution in [0.25, 0.3) is 0 Å². The van der Waals surface area contributed by atoms with E-state index < -0.39 is 5.82 Å². The molecule has 2 rings (SSSR count). The van der Waals surface area contributed by atoms with E-state index in [-0.39, 0.29) is 11.8 Å². The van der Waals surface area contributed by atoms with Gasteiger partial charge in [-0.15, -0.1) is 0 Å². The first-order chi connectivity index (χ1) is 7.75. The van der Waals surface area contributed by atoms with Gasteiger partial charge in [-0.05, 0) is 18.6 Å². The first-order valence-corrected chi connectivity index (χ1v) is 6.44. The number of nitrogens with one attached hydrogen (secondary N) is 1. The molecule has 16 heavy (non-hydrogen) atoms. The molecule has 0 saturated carbocycles. The van der Waals surface area contributed by atoms with Crippen molar-refractivity contribution in [3.63, 3.8) is 0 Å². The predicted octanol–water partition coefficient (Wildman–Crippen LogP) is 1.90. The molecule has 0 aromatic carbocycles. The van der Waals surface area contributed by atoms with Crippen molar-refractivity contribution in [3.05, 3.63) is 12.0 Å². The highest BCUT2D eigenvalue weighted by atomic mass is 32.2. The van der Waals surface area contributed by atoms with Crippen LogP contribution in [-0.4, -0.2) is 27.5 Å². The van der Waals surface area contributed by atoms with Crippen LogP contribution in [0.3, 0.4) is 0 Å². The Labute approximate surface area is 98.2 Å². The minimum Gasteiger partial charge on any atom is -0.368 e. The van der Waals surface area contributed by atoms with E-state index in [0.29, 0.717) is 5.25 Å². The molecule has 0 radical (unpaired) electrons. The smallest absolute Gasteiger partial charge is 0.222 e. The second-order valence-corrected chi connectivity index (χ2v) is 5.20. The van der Waals surface area contributed by atoms with E-state index in [1.807, 2.05) is 11.8 Å². The quantitative estimate of drug-likeness (QED) is 0.847. The Kier molecular flexibility index (Phi) is 3.82. The van der Waals surface area contributed by atoms with Crippen LogP contribution >= 0.6 is 11.8 Å². The fraction of sp³-hybridized carbons (Fsp3) is 0.600. The van der Waals surface area contributed by atoms with Gasteiger partial charge in [-0.3, -0.25) is 0 Å². The highest BCUT2D eigenvalue weighted by Crippen LogP contribution is 2.25. The third-order valence-electron chi connectivity index (χ3n) is 2.53. The van der Waals surface area contributed by atoms with E-state index in [1.54, 1.807) is 0 Å². The maximum atomic E-state index is 13.3. The number of hydrogen-bond donors (Lipinski definition) is 2. The average Bonchev–Trinajstić information content (AvgIpc) is 2.32. The number of anilines is 2. The largest absolute Gasteiger partial charge is 0.368 e. The second-order valence-electron chi connectivity index (χ2n) is 3.79. The Morgan fingerprint density at radius 2 is 2.44 bits per heavy atom. The summed E-state index contributed by atoms with van der Waals surface area (Å²) in [4.78, 5) is 7.41. The molecule has 1 fully saturated rings. The third-order valence-corrected chi connectivity index (χ3v) is 3.93. The van der Waals surface area contributed by atoms with Crippen molar-refractivity contribution in [3.8, 4) is 0 Å². The zero-order valence-electron chi connectivity index (χ0n) is 8.95. The lowest BCUT2D eigenvalue weighted by Gasteiger charge is -2.21. The lowest BCUT2D eigenvalue weighted by atomic mass is 10.2. The molecule has 0 spiro atoms. The van der Waals surface area contributed by atoms with Gasteiger partial charge in [-0.2, -0.15) is 16.7 Å². The van der Waals surface area contributed by atoms with Gasteiger partial charge in [0.05, 0.1) is 6.20 Å². The van der Waals surface area contributed by atoms with Crippen molar-refractivity contribution in [1.82, 2.24) is 9.97 Å². The summed E-state index contributed by atoms with van der Waals surface area (Å²) in [6, 6.07) is 0. The van der Waals surface area contributed by atoms with E-state index in [9.17, 15) is 4.39 Å². The number of hydrogen-bond acceptors (Lipinski definition) is 5. The SMILES string of the molecule is Nc1ncc(F)c(NCC2CCCCS2)n1. The van der Waals surface area contributed by atoms with Gasteiger partial charge < -0.3 is 11.1 Å².